The van der Waals surface area contributed by atoms with Gasteiger partial charge < -0.3 is 11.1 Å². The summed E-state index contributed by atoms with van der Waals surface area (Å²) in [6.07, 6.45) is 0.323. The molecule has 0 fully saturated rings. The number of benzene rings is 2. The van der Waals surface area contributed by atoms with Crippen LogP contribution >= 0.6 is 0 Å². The molecule has 0 heterocycles. The lowest BCUT2D eigenvalue weighted by molar-refractivity contribution is -0.115. The predicted molar refractivity (Wildman–Crippen MR) is 83.2 cm³/mol. The highest BCUT2D eigenvalue weighted by Gasteiger charge is 2.07. The summed E-state index contributed by atoms with van der Waals surface area (Å²) in [4.78, 5) is 23.0. The van der Waals surface area contributed by atoms with Crippen LogP contribution in [0.4, 0.5) is 5.69 Å². The summed E-state index contributed by atoms with van der Waals surface area (Å²) in [5.74, 6) is -0.572. The number of hydrogen-bond acceptors (Lipinski definition) is 2. The summed E-state index contributed by atoms with van der Waals surface area (Å²) < 4.78 is 0. The van der Waals surface area contributed by atoms with Gasteiger partial charge in [-0.15, -0.1) is 0 Å². The molecule has 0 radical (unpaired) electrons. The highest BCUT2D eigenvalue weighted by atomic mass is 16.1. The first kappa shape index (κ1) is 14.8. The Bertz CT molecular complexity index is 676. The van der Waals surface area contributed by atoms with Crippen molar-refractivity contribution in [3.05, 3.63) is 64.7 Å². The van der Waals surface area contributed by atoms with Crippen LogP contribution in [0.1, 0.15) is 27.0 Å². The van der Waals surface area contributed by atoms with Crippen LogP contribution in [0.2, 0.25) is 0 Å². The predicted octanol–water partition coefficient (Wildman–Crippen LogP) is 2.58. The van der Waals surface area contributed by atoms with Crippen molar-refractivity contribution >= 4 is 17.5 Å². The van der Waals surface area contributed by atoms with Gasteiger partial charge in [-0.2, -0.15) is 0 Å². The number of nitrogens with one attached hydrogen (secondary N) is 1. The second-order valence-corrected chi connectivity index (χ2v) is 5.10. The first-order valence-corrected chi connectivity index (χ1v) is 6.71. The third kappa shape index (κ3) is 3.92. The number of aryl methyl sites for hydroxylation is 2. The molecule has 21 heavy (non-hydrogen) atoms. The monoisotopic (exact) mass is 282 g/mol. The van der Waals surface area contributed by atoms with Gasteiger partial charge in [-0.1, -0.05) is 23.8 Å². The molecule has 2 aromatic rings. The second-order valence-electron chi connectivity index (χ2n) is 5.10. The Morgan fingerprint density at radius 1 is 1.05 bits per heavy atom. The molecule has 4 nitrogen and oxygen atoms in total. The Hall–Kier alpha value is -2.62. The van der Waals surface area contributed by atoms with Crippen molar-refractivity contribution in [1.29, 1.82) is 0 Å². The lowest BCUT2D eigenvalue weighted by atomic mass is 10.0. The van der Waals surface area contributed by atoms with E-state index >= 15 is 0 Å². The van der Waals surface area contributed by atoms with Crippen LogP contribution in [0, 0.1) is 13.8 Å². The maximum absolute atomic E-state index is 12.0. The van der Waals surface area contributed by atoms with Crippen LogP contribution < -0.4 is 11.1 Å². The van der Waals surface area contributed by atoms with Crippen molar-refractivity contribution in [3.8, 4) is 0 Å². The third-order valence-corrected chi connectivity index (χ3v) is 3.30. The number of amides is 2. The Balaban J connectivity index is 2.02. The molecule has 0 bridgehead atoms. The zero-order valence-corrected chi connectivity index (χ0v) is 12.1. The Morgan fingerprint density at radius 3 is 2.29 bits per heavy atom. The van der Waals surface area contributed by atoms with Gasteiger partial charge in [-0.3, -0.25) is 9.59 Å². The van der Waals surface area contributed by atoms with E-state index in [-0.39, 0.29) is 5.91 Å². The second kappa shape index (κ2) is 6.22. The molecular weight excluding hydrogens is 264 g/mol. The largest absolute Gasteiger partial charge is 0.366 e. The fourth-order valence-corrected chi connectivity index (χ4v) is 2.14. The SMILES string of the molecule is Cc1ccc(CC(=O)Nc2ccc(C(N)=O)cc2)c(C)c1. The van der Waals surface area contributed by atoms with Crippen molar-refractivity contribution in [2.45, 2.75) is 20.3 Å². The molecule has 0 aliphatic heterocycles. The molecule has 2 rings (SSSR count). The van der Waals surface area contributed by atoms with Crippen LogP contribution in [-0.2, 0) is 11.2 Å². The molecule has 0 aliphatic rings. The van der Waals surface area contributed by atoms with Gasteiger partial charge in [0, 0.05) is 11.3 Å². The van der Waals surface area contributed by atoms with E-state index in [1.165, 1.54) is 5.56 Å². The molecule has 108 valence electrons. The van der Waals surface area contributed by atoms with E-state index in [1.54, 1.807) is 24.3 Å². The number of carbonyl (C=O) groups is 2. The number of nitrogens with two attached hydrogens (primary N) is 1. The fraction of sp³-hybridized carbons (Fsp3) is 0.176. The highest BCUT2D eigenvalue weighted by Crippen LogP contribution is 2.13. The molecule has 0 saturated heterocycles. The van der Waals surface area contributed by atoms with Crippen LogP contribution in [0.15, 0.2) is 42.5 Å². The normalized spacial score (nSPS) is 10.2. The maximum Gasteiger partial charge on any atom is 0.248 e. The average Bonchev–Trinajstić information content (AvgIpc) is 2.42. The molecule has 0 unspecified atom stereocenters. The molecule has 2 amide bonds. The minimum absolute atomic E-state index is 0.0891. The third-order valence-electron chi connectivity index (χ3n) is 3.30. The fourth-order valence-electron chi connectivity index (χ4n) is 2.14. The summed E-state index contributed by atoms with van der Waals surface area (Å²) in [6.45, 7) is 4.02. The van der Waals surface area contributed by atoms with Crippen molar-refractivity contribution in [3.63, 3.8) is 0 Å². The van der Waals surface area contributed by atoms with E-state index in [1.807, 2.05) is 26.0 Å². The van der Waals surface area contributed by atoms with Gasteiger partial charge in [-0.05, 0) is 49.2 Å². The van der Waals surface area contributed by atoms with E-state index in [2.05, 4.69) is 11.4 Å². The molecule has 2 aromatic carbocycles. The van der Waals surface area contributed by atoms with Crippen molar-refractivity contribution in [2.75, 3.05) is 5.32 Å². The maximum atomic E-state index is 12.0. The minimum Gasteiger partial charge on any atom is -0.366 e. The van der Waals surface area contributed by atoms with Gasteiger partial charge in [0.25, 0.3) is 0 Å². The minimum atomic E-state index is -0.483. The van der Waals surface area contributed by atoms with E-state index in [4.69, 9.17) is 5.73 Å². The van der Waals surface area contributed by atoms with Crippen molar-refractivity contribution in [1.82, 2.24) is 0 Å². The van der Waals surface area contributed by atoms with Crippen LogP contribution in [0.25, 0.3) is 0 Å². The highest BCUT2D eigenvalue weighted by molar-refractivity contribution is 5.95. The molecule has 0 spiro atoms. The van der Waals surface area contributed by atoms with E-state index in [0.717, 1.165) is 11.1 Å². The Labute approximate surface area is 124 Å². The molecular formula is C17H18N2O2. The van der Waals surface area contributed by atoms with Crippen LogP contribution in [-0.4, -0.2) is 11.8 Å². The number of anilines is 1. The van der Waals surface area contributed by atoms with Gasteiger partial charge in [0.2, 0.25) is 11.8 Å². The number of hydrogen-bond donors (Lipinski definition) is 2. The smallest absolute Gasteiger partial charge is 0.248 e. The summed E-state index contributed by atoms with van der Waals surface area (Å²) in [5.41, 5.74) is 9.53. The average molecular weight is 282 g/mol. The number of primary amides is 1. The summed E-state index contributed by atoms with van der Waals surface area (Å²) in [7, 11) is 0. The van der Waals surface area contributed by atoms with E-state index in [0.29, 0.717) is 17.7 Å². The number of carbonyl (C=O) groups excluding carboxylic acids is 2. The topological polar surface area (TPSA) is 72.2 Å². The quantitative estimate of drug-likeness (QED) is 0.904. The first-order chi connectivity index (χ1) is 9.95. The molecule has 0 saturated carbocycles. The molecule has 0 aromatic heterocycles. The zero-order valence-electron chi connectivity index (χ0n) is 12.1. The molecule has 0 aliphatic carbocycles. The lowest BCUT2D eigenvalue weighted by Gasteiger charge is -2.08. The number of rotatable bonds is 4. The van der Waals surface area contributed by atoms with E-state index < -0.39 is 5.91 Å². The zero-order chi connectivity index (χ0) is 15.4. The summed E-state index contributed by atoms with van der Waals surface area (Å²) in [5, 5.41) is 2.81. The van der Waals surface area contributed by atoms with Gasteiger partial charge in [0.15, 0.2) is 0 Å². The molecule has 0 atom stereocenters. The molecule has 4 heteroatoms. The van der Waals surface area contributed by atoms with Gasteiger partial charge >= 0.3 is 0 Å². The molecule has 3 N–H and O–H groups in total. The van der Waals surface area contributed by atoms with E-state index in [9.17, 15) is 9.59 Å². The van der Waals surface area contributed by atoms with Crippen molar-refractivity contribution < 1.29 is 9.59 Å². The van der Waals surface area contributed by atoms with Crippen molar-refractivity contribution in [2.24, 2.45) is 5.73 Å². The Morgan fingerprint density at radius 2 is 1.71 bits per heavy atom. The van der Waals surface area contributed by atoms with Crippen LogP contribution in [0.3, 0.4) is 0 Å². The first-order valence-electron chi connectivity index (χ1n) is 6.71. The van der Waals surface area contributed by atoms with Gasteiger partial charge in [0.05, 0.1) is 6.42 Å². The standard InChI is InChI=1S/C17H18N2O2/c1-11-3-4-14(12(2)9-11)10-16(20)19-15-7-5-13(6-8-15)17(18)21/h3-9H,10H2,1-2H3,(H2,18,21)(H,19,20). The van der Waals surface area contributed by atoms with Gasteiger partial charge in [-0.25, -0.2) is 0 Å². The summed E-state index contributed by atoms with van der Waals surface area (Å²) in [6, 6.07) is 12.5. The lowest BCUT2D eigenvalue weighted by Crippen LogP contribution is -2.15. The van der Waals surface area contributed by atoms with Crippen LogP contribution in [0.5, 0.6) is 0 Å². The van der Waals surface area contributed by atoms with Gasteiger partial charge in [0.1, 0.15) is 0 Å². The summed E-state index contributed by atoms with van der Waals surface area (Å²) >= 11 is 0. The Kier molecular flexibility index (Phi) is 4.38.